The van der Waals surface area contributed by atoms with Gasteiger partial charge in [-0.1, -0.05) is 60.7 Å². The van der Waals surface area contributed by atoms with Gasteiger partial charge in [0.1, 0.15) is 12.7 Å². The van der Waals surface area contributed by atoms with Gasteiger partial charge in [-0.15, -0.1) is 0 Å². The molecule has 0 aliphatic carbocycles. The van der Waals surface area contributed by atoms with E-state index in [1.165, 1.54) is 0 Å². The predicted octanol–water partition coefficient (Wildman–Crippen LogP) is 3.86. The van der Waals surface area contributed by atoms with Crippen LogP contribution >= 0.6 is 0 Å². The third-order valence-electron chi connectivity index (χ3n) is 4.02. The lowest BCUT2D eigenvalue weighted by Gasteiger charge is -2.17. The average molecular weight is 347 g/mol. The summed E-state index contributed by atoms with van der Waals surface area (Å²) in [6.45, 7) is -0.751. The van der Waals surface area contributed by atoms with E-state index in [-0.39, 0.29) is 19.8 Å². The Morgan fingerprint density at radius 3 is 2.16 bits per heavy atom. The van der Waals surface area contributed by atoms with Gasteiger partial charge in [0.15, 0.2) is 0 Å². The van der Waals surface area contributed by atoms with E-state index in [2.05, 4.69) is 0 Å². The summed E-state index contributed by atoms with van der Waals surface area (Å²) >= 11 is 0. The summed E-state index contributed by atoms with van der Waals surface area (Å²) in [6.07, 6.45) is -2.09. The van der Waals surface area contributed by atoms with Crippen LogP contribution < -0.4 is 0 Å². The molecule has 1 atom stereocenters. The summed E-state index contributed by atoms with van der Waals surface area (Å²) in [5.41, 5.74) is 1.61. The molecule has 1 aliphatic rings. The number of hydrogen-bond acceptors (Lipinski definition) is 3. The highest BCUT2D eigenvalue weighted by Crippen LogP contribution is 2.31. The van der Waals surface area contributed by atoms with Crippen LogP contribution in [0.1, 0.15) is 11.1 Å². The fraction of sp³-hybridized carbons (Fsp3) is 0.316. The molecule has 1 unspecified atom stereocenters. The lowest BCUT2D eigenvalue weighted by atomic mass is 10.2. The first-order valence-corrected chi connectivity index (χ1v) is 8.03. The summed E-state index contributed by atoms with van der Waals surface area (Å²) in [4.78, 5) is 13.0. The minimum absolute atomic E-state index is 0.0529. The van der Waals surface area contributed by atoms with E-state index in [0.29, 0.717) is 0 Å². The summed E-state index contributed by atoms with van der Waals surface area (Å²) in [7, 11) is 0. The number of carbonyl (C=O) groups excluding carboxylic acids is 1. The van der Waals surface area contributed by atoms with Crippen LogP contribution in [0.4, 0.5) is 13.6 Å². The van der Waals surface area contributed by atoms with Crippen LogP contribution in [0.5, 0.6) is 0 Å². The standard InChI is InChI=1S/C19H19F2NO3/c20-19(21)14-22(18(23)25-13-16-9-5-2-6-10-16)11-17(19)24-12-15-7-3-1-4-8-15/h1-10,17H,11-14H2. The summed E-state index contributed by atoms with van der Waals surface area (Å²) < 4.78 is 38.7. The Hall–Kier alpha value is -2.47. The molecule has 0 spiro atoms. The molecule has 1 aliphatic heterocycles. The predicted molar refractivity (Wildman–Crippen MR) is 88.2 cm³/mol. The van der Waals surface area contributed by atoms with Crippen LogP contribution in [0.3, 0.4) is 0 Å². The SMILES string of the molecule is O=C(OCc1ccccc1)N1CC(OCc2ccccc2)C(F)(F)C1. The molecular weight excluding hydrogens is 328 g/mol. The number of carbonyl (C=O) groups is 1. The monoisotopic (exact) mass is 347 g/mol. The molecule has 2 aromatic rings. The molecule has 4 nitrogen and oxygen atoms in total. The van der Waals surface area contributed by atoms with Gasteiger partial charge in [0.2, 0.25) is 0 Å². The first-order chi connectivity index (χ1) is 12.0. The maximum atomic E-state index is 14.1. The quantitative estimate of drug-likeness (QED) is 0.824. The minimum atomic E-state index is -3.10. The Morgan fingerprint density at radius 1 is 1.00 bits per heavy atom. The molecule has 0 radical (unpaired) electrons. The lowest BCUT2D eigenvalue weighted by Crippen LogP contribution is -2.34. The molecule has 1 heterocycles. The van der Waals surface area contributed by atoms with E-state index in [0.717, 1.165) is 16.0 Å². The second-order valence-electron chi connectivity index (χ2n) is 5.97. The topological polar surface area (TPSA) is 38.8 Å². The molecule has 25 heavy (non-hydrogen) atoms. The lowest BCUT2D eigenvalue weighted by molar-refractivity contribution is -0.110. The summed E-state index contributed by atoms with van der Waals surface area (Å²) in [6, 6.07) is 18.2. The van der Waals surface area contributed by atoms with E-state index >= 15 is 0 Å². The summed E-state index contributed by atoms with van der Waals surface area (Å²) in [5.74, 6) is -3.10. The van der Waals surface area contributed by atoms with Gasteiger partial charge in [0.25, 0.3) is 5.92 Å². The van der Waals surface area contributed by atoms with Crippen molar-refractivity contribution in [3.8, 4) is 0 Å². The fourth-order valence-electron chi connectivity index (χ4n) is 2.65. The Bertz CT molecular complexity index is 694. The first kappa shape index (κ1) is 17.4. The minimum Gasteiger partial charge on any atom is -0.445 e. The zero-order valence-corrected chi connectivity index (χ0v) is 13.6. The molecule has 0 aromatic heterocycles. The third kappa shape index (κ3) is 4.54. The number of likely N-dealkylation sites (tertiary alicyclic amines) is 1. The highest BCUT2D eigenvalue weighted by Gasteiger charge is 2.51. The molecule has 0 saturated carbocycles. The van der Waals surface area contributed by atoms with Crippen LogP contribution in [-0.2, 0) is 22.7 Å². The molecule has 3 rings (SSSR count). The highest BCUT2D eigenvalue weighted by atomic mass is 19.3. The normalized spacial score (nSPS) is 19.0. The van der Waals surface area contributed by atoms with Crippen molar-refractivity contribution < 1.29 is 23.0 Å². The number of amides is 1. The second kappa shape index (κ2) is 7.61. The first-order valence-electron chi connectivity index (χ1n) is 8.03. The van der Waals surface area contributed by atoms with Gasteiger partial charge in [-0.05, 0) is 11.1 Å². The number of halogens is 2. The van der Waals surface area contributed by atoms with Crippen LogP contribution in [0, 0.1) is 0 Å². The largest absolute Gasteiger partial charge is 0.445 e. The fourth-order valence-corrected chi connectivity index (χ4v) is 2.65. The van der Waals surface area contributed by atoms with Crippen molar-refractivity contribution in [3.63, 3.8) is 0 Å². The van der Waals surface area contributed by atoms with E-state index in [1.807, 2.05) is 36.4 Å². The molecule has 6 heteroatoms. The Morgan fingerprint density at radius 2 is 1.56 bits per heavy atom. The number of alkyl halides is 2. The van der Waals surface area contributed by atoms with Crippen LogP contribution in [0.15, 0.2) is 60.7 Å². The van der Waals surface area contributed by atoms with E-state index in [4.69, 9.17) is 9.47 Å². The zero-order chi connectivity index (χ0) is 17.7. The zero-order valence-electron chi connectivity index (χ0n) is 13.6. The van der Waals surface area contributed by atoms with Crippen molar-refractivity contribution in [3.05, 3.63) is 71.8 Å². The van der Waals surface area contributed by atoms with E-state index in [9.17, 15) is 13.6 Å². The molecule has 2 aromatic carbocycles. The molecule has 1 amide bonds. The summed E-state index contributed by atoms with van der Waals surface area (Å²) in [5, 5.41) is 0. The highest BCUT2D eigenvalue weighted by molar-refractivity contribution is 5.68. The number of hydrogen-bond donors (Lipinski definition) is 0. The van der Waals surface area contributed by atoms with Crippen molar-refractivity contribution in [1.29, 1.82) is 0 Å². The molecule has 0 bridgehead atoms. The van der Waals surface area contributed by atoms with Gasteiger partial charge in [0, 0.05) is 0 Å². The molecule has 132 valence electrons. The Kier molecular flexibility index (Phi) is 5.28. The van der Waals surface area contributed by atoms with Gasteiger partial charge in [-0.3, -0.25) is 4.90 Å². The number of ether oxygens (including phenoxy) is 2. The van der Waals surface area contributed by atoms with Gasteiger partial charge < -0.3 is 9.47 Å². The van der Waals surface area contributed by atoms with Gasteiger partial charge in [-0.25, -0.2) is 13.6 Å². The molecule has 1 fully saturated rings. The number of rotatable bonds is 5. The van der Waals surface area contributed by atoms with Crippen molar-refractivity contribution in [1.82, 2.24) is 4.90 Å². The Labute approximate surface area is 145 Å². The van der Waals surface area contributed by atoms with E-state index < -0.39 is 24.7 Å². The Balaban J connectivity index is 1.53. The van der Waals surface area contributed by atoms with Crippen LogP contribution in [-0.4, -0.2) is 36.1 Å². The number of nitrogens with zero attached hydrogens (tertiary/aromatic N) is 1. The molecule has 1 saturated heterocycles. The van der Waals surface area contributed by atoms with Crippen molar-refractivity contribution in [2.45, 2.75) is 25.2 Å². The van der Waals surface area contributed by atoms with Crippen LogP contribution in [0.25, 0.3) is 0 Å². The van der Waals surface area contributed by atoms with Crippen LogP contribution in [0.2, 0.25) is 0 Å². The molecule has 0 N–H and O–H groups in total. The van der Waals surface area contributed by atoms with Gasteiger partial charge >= 0.3 is 6.09 Å². The van der Waals surface area contributed by atoms with Crippen molar-refractivity contribution in [2.75, 3.05) is 13.1 Å². The second-order valence-corrected chi connectivity index (χ2v) is 5.97. The van der Waals surface area contributed by atoms with Gasteiger partial charge in [-0.2, -0.15) is 0 Å². The average Bonchev–Trinajstić information content (AvgIpc) is 2.94. The third-order valence-corrected chi connectivity index (χ3v) is 4.02. The van der Waals surface area contributed by atoms with Crippen molar-refractivity contribution >= 4 is 6.09 Å². The van der Waals surface area contributed by atoms with Crippen molar-refractivity contribution in [2.24, 2.45) is 0 Å². The van der Waals surface area contributed by atoms with Gasteiger partial charge in [0.05, 0.1) is 19.7 Å². The maximum absolute atomic E-state index is 14.1. The maximum Gasteiger partial charge on any atom is 0.410 e. The molecular formula is C19H19F2NO3. The number of benzene rings is 2. The smallest absolute Gasteiger partial charge is 0.410 e. The van der Waals surface area contributed by atoms with E-state index in [1.54, 1.807) is 24.3 Å².